The van der Waals surface area contributed by atoms with Crippen molar-refractivity contribution in [1.29, 1.82) is 0 Å². The van der Waals surface area contributed by atoms with Crippen molar-refractivity contribution < 1.29 is 14.3 Å². The van der Waals surface area contributed by atoms with Crippen molar-refractivity contribution in [3.63, 3.8) is 0 Å². The Kier molecular flexibility index (Phi) is 5.33. The summed E-state index contributed by atoms with van der Waals surface area (Å²) in [5.41, 5.74) is 1.77. The predicted octanol–water partition coefficient (Wildman–Crippen LogP) is 3.62. The van der Waals surface area contributed by atoms with Crippen LogP contribution >= 0.6 is 0 Å². The van der Waals surface area contributed by atoms with Crippen LogP contribution in [0.4, 0.5) is 5.69 Å². The van der Waals surface area contributed by atoms with E-state index in [1.807, 2.05) is 0 Å². The monoisotopic (exact) mass is 338 g/mol. The molecule has 2 N–H and O–H groups in total. The fourth-order valence-electron chi connectivity index (χ4n) is 2.99. The van der Waals surface area contributed by atoms with Crippen LogP contribution in [0.25, 0.3) is 0 Å². The molecule has 0 radical (unpaired) electrons. The van der Waals surface area contributed by atoms with Gasteiger partial charge < -0.3 is 15.4 Å². The Bertz CT molecular complexity index is 733. The molecule has 2 amide bonds. The van der Waals surface area contributed by atoms with Crippen LogP contribution in [-0.2, 0) is 0 Å². The van der Waals surface area contributed by atoms with Gasteiger partial charge in [0.05, 0.1) is 7.11 Å². The number of carbonyl (C=O) groups is 2. The zero-order valence-corrected chi connectivity index (χ0v) is 14.2. The zero-order valence-electron chi connectivity index (χ0n) is 14.2. The summed E-state index contributed by atoms with van der Waals surface area (Å²) >= 11 is 0. The number of anilines is 1. The van der Waals surface area contributed by atoms with E-state index in [1.165, 1.54) is 12.8 Å². The van der Waals surface area contributed by atoms with Gasteiger partial charge in [-0.3, -0.25) is 9.59 Å². The quantitative estimate of drug-likeness (QED) is 0.875. The van der Waals surface area contributed by atoms with E-state index >= 15 is 0 Å². The standard InChI is InChI=1S/C20H22N2O3/c1-25-18-12-10-17(11-13-18)22-20(24)15-8-6-14(7-9-15)19(23)21-16-4-2-3-5-16/h6-13,16H,2-5H2,1H3,(H,21,23)(H,22,24). The molecule has 5 nitrogen and oxygen atoms in total. The Morgan fingerprint density at radius 1 is 0.880 bits per heavy atom. The van der Waals surface area contributed by atoms with E-state index in [4.69, 9.17) is 4.74 Å². The second-order valence-corrected chi connectivity index (χ2v) is 6.21. The van der Waals surface area contributed by atoms with Gasteiger partial charge in [0.15, 0.2) is 0 Å². The van der Waals surface area contributed by atoms with Gasteiger partial charge in [0.25, 0.3) is 11.8 Å². The number of methoxy groups -OCH3 is 1. The van der Waals surface area contributed by atoms with Gasteiger partial charge in [-0.25, -0.2) is 0 Å². The first kappa shape index (κ1) is 17.0. The lowest BCUT2D eigenvalue weighted by Crippen LogP contribution is -2.32. The van der Waals surface area contributed by atoms with Gasteiger partial charge in [0, 0.05) is 22.9 Å². The molecule has 1 saturated carbocycles. The van der Waals surface area contributed by atoms with Gasteiger partial charge in [0.2, 0.25) is 0 Å². The average Bonchev–Trinajstić information content (AvgIpc) is 3.15. The molecule has 2 aromatic rings. The van der Waals surface area contributed by atoms with E-state index < -0.39 is 0 Å². The molecule has 0 spiro atoms. The van der Waals surface area contributed by atoms with E-state index in [0.717, 1.165) is 18.6 Å². The van der Waals surface area contributed by atoms with Gasteiger partial charge in [-0.05, 0) is 61.4 Å². The highest BCUT2D eigenvalue weighted by Crippen LogP contribution is 2.19. The number of hydrogen-bond donors (Lipinski definition) is 2. The number of ether oxygens (including phenoxy) is 1. The second kappa shape index (κ2) is 7.83. The van der Waals surface area contributed by atoms with E-state index in [1.54, 1.807) is 55.6 Å². The van der Waals surface area contributed by atoms with Crippen molar-refractivity contribution in [2.75, 3.05) is 12.4 Å². The molecule has 1 aliphatic rings. The summed E-state index contributed by atoms with van der Waals surface area (Å²) in [6, 6.07) is 14.1. The Morgan fingerprint density at radius 3 is 2.00 bits per heavy atom. The molecule has 130 valence electrons. The van der Waals surface area contributed by atoms with E-state index in [-0.39, 0.29) is 17.9 Å². The molecule has 2 aromatic carbocycles. The number of benzene rings is 2. The summed E-state index contributed by atoms with van der Waals surface area (Å²) in [5.74, 6) is 0.442. The minimum absolute atomic E-state index is 0.0750. The minimum Gasteiger partial charge on any atom is -0.497 e. The number of nitrogens with one attached hydrogen (secondary N) is 2. The summed E-state index contributed by atoms with van der Waals surface area (Å²) in [4.78, 5) is 24.5. The van der Waals surface area contributed by atoms with Gasteiger partial charge in [-0.2, -0.15) is 0 Å². The fourth-order valence-corrected chi connectivity index (χ4v) is 2.99. The SMILES string of the molecule is COc1ccc(NC(=O)c2ccc(C(=O)NC3CCCC3)cc2)cc1. The lowest BCUT2D eigenvalue weighted by Gasteiger charge is -2.12. The topological polar surface area (TPSA) is 67.4 Å². The first-order valence-corrected chi connectivity index (χ1v) is 8.52. The third kappa shape index (κ3) is 4.38. The first-order valence-electron chi connectivity index (χ1n) is 8.52. The smallest absolute Gasteiger partial charge is 0.255 e. The second-order valence-electron chi connectivity index (χ2n) is 6.21. The Hall–Kier alpha value is -2.82. The summed E-state index contributed by atoms with van der Waals surface area (Å²) in [7, 11) is 1.60. The fraction of sp³-hybridized carbons (Fsp3) is 0.300. The van der Waals surface area contributed by atoms with Crippen LogP contribution in [0.5, 0.6) is 5.75 Å². The largest absolute Gasteiger partial charge is 0.497 e. The molecule has 0 aliphatic heterocycles. The van der Waals surface area contributed by atoms with Gasteiger partial charge >= 0.3 is 0 Å². The zero-order chi connectivity index (χ0) is 17.6. The first-order chi connectivity index (χ1) is 12.2. The molecule has 0 atom stereocenters. The summed E-state index contributed by atoms with van der Waals surface area (Å²) in [6.45, 7) is 0. The Balaban J connectivity index is 1.60. The molecule has 1 fully saturated rings. The molecule has 0 unspecified atom stereocenters. The van der Waals surface area contributed by atoms with Crippen molar-refractivity contribution in [2.24, 2.45) is 0 Å². The number of rotatable bonds is 5. The summed E-state index contributed by atoms with van der Waals surface area (Å²) in [5, 5.41) is 5.87. The van der Waals surface area contributed by atoms with E-state index in [0.29, 0.717) is 16.8 Å². The van der Waals surface area contributed by atoms with Crippen LogP contribution in [0.3, 0.4) is 0 Å². The molecular weight excluding hydrogens is 316 g/mol. The van der Waals surface area contributed by atoms with Crippen LogP contribution in [0.1, 0.15) is 46.4 Å². The van der Waals surface area contributed by atoms with Crippen molar-refractivity contribution in [3.05, 3.63) is 59.7 Å². The molecular formula is C20H22N2O3. The molecule has 25 heavy (non-hydrogen) atoms. The van der Waals surface area contributed by atoms with Crippen LogP contribution in [-0.4, -0.2) is 25.0 Å². The van der Waals surface area contributed by atoms with Crippen LogP contribution < -0.4 is 15.4 Å². The minimum atomic E-state index is -0.215. The van der Waals surface area contributed by atoms with Crippen molar-refractivity contribution in [1.82, 2.24) is 5.32 Å². The van der Waals surface area contributed by atoms with Gasteiger partial charge in [-0.1, -0.05) is 12.8 Å². The molecule has 5 heteroatoms. The maximum atomic E-state index is 12.3. The van der Waals surface area contributed by atoms with Crippen molar-refractivity contribution >= 4 is 17.5 Å². The molecule has 0 bridgehead atoms. The predicted molar refractivity (Wildman–Crippen MR) is 97.1 cm³/mol. The third-order valence-corrected chi connectivity index (χ3v) is 4.45. The summed E-state index contributed by atoms with van der Waals surface area (Å²) < 4.78 is 5.09. The molecule has 3 rings (SSSR count). The van der Waals surface area contributed by atoms with Crippen molar-refractivity contribution in [2.45, 2.75) is 31.7 Å². The number of amides is 2. The Labute approximate surface area is 147 Å². The highest BCUT2D eigenvalue weighted by molar-refractivity contribution is 6.05. The molecule has 1 aliphatic carbocycles. The van der Waals surface area contributed by atoms with Crippen LogP contribution in [0, 0.1) is 0 Å². The number of carbonyl (C=O) groups excluding carboxylic acids is 2. The molecule has 0 heterocycles. The molecule has 0 saturated heterocycles. The van der Waals surface area contributed by atoms with Gasteiger partial charge in [0.1, 0.15) is 5.75 Å². The number of hydrogen-bond acceptors (Lipinski definition) is 3. The van der Waals surface area contributed by atoms with Gasteiger partial charge in [-0.15, -0.1) is 0 Å². The summed E-state index contributed by atoms with van der Waals surface area (Å²) in [6.07, 6.45) is 4.45. The maximum Gasteiger partial charge on any atom is 0.255 e. The van der Waals surface area contributed by atoms with Crippen LogP contribution in [0.2, 0.25) is 0 Å². The highest BCUT2D eigenvalue weighted by Gasteiger charge is 2.18. The maximum absolute atomic E-state index is 12.3. The average molecular weight is 338 g/mol. The lowest BCUT2D eigenvalue weighted by molar-refractivity contribution is 0.0936. The Morgan fingerprint density at radius 2 is 1.44 bits per heavy atom. The van der Waals surface area contributed by atoms with E-state index in [2.05, 4.69) is 10.6 Å². The van der Waals surface area contributed by atoms with E-state index in [9.17, 15) is 9.59 Å². The normalized spacial score (nSPS) is 14.1. The molecule has 0 aromatic heterocycles. The third-order valence-electron chi connectivity index (χ3n) is 4.45. The van der Waals surface area contributed by atoms with Crippen LogP contribution in [0.15, 0.2) is 48.5 Å². The van der Waals surface area contributed by atoms with Crippen molar-refractivity contribution in [3.8, 4) is 5.75 Å². The highest BCUT2D eigenvalue weighted by atomic mass is 16.5. The lowest BCUT2D eigenvalue weighted by atomic mass is 10.1.